The van der Waals surface area contributed by atoms with Crippen LogP contribution in [0.2, 0.25) is 0 Å². The number of aryl methyl sites for hydroxylation is 2. The summed E-state index contributed by atoms with van der Waals surface area (Å²) < 4.78 is 0. The smallest absolute Gasteiger partial charge is 0.0158 e. The lowest BCUT2D eigenvalue weighted by molar-refractivity contribution is 0.956. The monoisotopic (exact) mass is 232 g/mol. The highest BCUT2D eigenvalue weighted by molar-refractivity contribution is 9.09. The molecule has 0 spiro atoms. The Bertz CT molecular complexity index is 238. The maximum atomic E-state index is 3.56. The lowest BCUT2D eigenvalue weighted by Crippen LogP contribution is -1.95. The molecule has 0 saturated heterocycles. The molecule has 0 radical (unpaired) electrons. The summed E-state index contributed by atoms with van der Waals surface area (Å²) in [5, 5.41) is 0. The van der Waals surface area contributed by atoms with Crippen molar-refractivity contribution in [3.63, 3.8) is 0 Å². The molecule has 11 heavy (non-hydrogen) atoms. The van der Waals surface area contributed by atoms with Crippen LogP contribution in [0.3, 0.4) is 0 Å². The van der Waals surface area contributed by atoms with Crippen molar-refractivity contribution < 1.29 is 0 Å². The van der Waals surface area contributed by atoms with E-state index in [1.54, 1.807) is 0 Å². The molecule has 0 saturated carbocycles. The van der Waals surface area contributed by atoms with Crippen molar-refractivity contribution in [2.75, 3.05) is 0 Å². The third-order valence-electron chi connectivity index (χ3n) is 1.64. The van der Waals surface area contributed by atoms with Gasteiger partial charge in [0.2, 0.25) is 0 Å². The number of alkyl halides is 1. The van der Waals surface area contributed by atoms with Gasteiger partial charge in [-0.1, -0.05) is 22.9 Å². The summed E-state index contributed by atoms with van der Waals surface area (Å²) in [7, 11) is 0. The van der Waals surface area contributed by atoms with Gasteiger partial charge in [-0.05, 0) is 31.9 Å². The quantitative estimate of drug-likeness (QED) is 0.683. The summed E-state index contributed by atoms with van der Waals surface area (Å²) in [5.74, 6) is 0. The summed E-state index contributed by atoms with van der Waals surface area (Å²) >= 11 is 5.45. The molecule has 0 aliphatic rings. The Kier molecular flexibility index (Phi) is 3.14. The Morgan fingerprint density at radius 3 is 2.55 bits per heavy atom. The number of hydrogen-bond acceptors (Lipinski definition) is 1. The second-order valence-corrected chi connectivity index (χ2v) is 5.95. The number of rotatable bonds is 2. The molecule has 0 aliphatic carbocycles. The first-order valence-corrected chi connectivity index (χ1v) is 5.53. The first-order valence-electron chi connectivity index (χ1n) is 3.79. The molecular formula is C9H13BrS. The standard InChI is InChI=1S/C9H13BrS/c1-6(10)4-9-5-7(2)11-8(9)3/h5-6H,4H2,1-3H3. The summed E-state index contributed by atoms with van der Waals surface area (Å²) in [6.45, 7) is 6.55. The molecule has 0 aromatic carbocycles. The Morgan fingerprint density at radius 2 is 2.18 bits per heavy atom. The van der Waals surface area contributed by atoms with E-state index >= 15 is 0 Å². The molecule has 0 N–H and O–H groups in total. The fourth-order valence-corrected chi connectivity index (χ4v) is 2.50. The largest absolute Gasteiger partial charge is 0.146 e. The number of halogens is 1. The van der Waals surface area contributed by atoms with Gasteiger partial charge in [-0.15, -0.1) is 11.3 Å². The average molecular weight is 233 g/mol. The molecular weight excluding hydrogens is 220 g/mol. The molecule has 2 heteroatoms. The van der Waals surface area contributed by atoms with Crippen LogP contribution in [0.5, 0.6) is 0 Å². The summed E-state index contributed by atoms with van der Waals surface area (Å²) in [6, 6.07) is 2.29. The van der Waals surface area contributed by atoms with Crippen LogP contribution in [0, 0.1) is 13.8 Å². The zero-order valence-corrected chi connectivity index (χ0v) is 9.55. The molecule has 0 fully saturated rings. The van der Waals surface area contributed by atoms with Crippen LogP contribution in [0.25, 0.3) is 0 Å². The first kappa shape index (κ1) is 9.27. The zero-order valence-electron chi connectivity index (χ0n) is 7.15. The maximum absolute atomic E-state index is 3.56. The van der Waals surface area contributed by atoms with Gasteiger partial charge >= 0.3 is 0 Å². The van der Waals surface area contributed by atoms with Gasteiger partial charge in [-0.2, -0.15) is 0 Å². The molecule has 62 valence electrons. The third-order valence-corrected chi connectivity index (χ3v) is 2.98. The van der Waals surface area contributed by atoms with E-state index in [1.807, 2.05) is 11.3 Å². The molecule has 1 atom stereocenters. The van der Waals surface area contributed by atoms with Crippen molar-refractivity contribution >= 4 is 27.3 Å². The number of thiophene rings is 1. The topological polar surface area (TPSA) is 0 Å². The molecule has 1 aromatic heterocycles. The van der Waals surface area contributed by atoms with Crippen LogP contribution in [0.15, 0.2) is 6.07 Å². The normalized spacial score (nSPS) is 13.5. The molecule has 1 unspecified atom stereocenters. The van der Waals surface area contributed by atoms with Gasteiger partial charge in [0.15, 0.2) is 0 Å². The van der Waals surface area contributed by atoms with Crippen molar-refractivity contribution in [1.82, 2.24) is 0 Å². The van der Waals surface area contributed by atoms with Crippen LogP contribution in [-0.2, 0) is 6.42 Å². The van der Waals surface area contributed by atoms with Gasteiger partial charge in [0, 0.05) is 14.6 Å². The minimum absolute atomic E-state index is 0.593. The van der Waals surface area contributed by atoms with E-state index in [2.05, 4.69) is 42.8 Å². The van der Waals surface area contributed by atoms with E-state index < -0.39 is 0 Å². The maximum Gasteiger partial charge on any atom is 0.0158 e. The van der Waals surface area contributed by atoms with Crippen molar-refractivity contribution in [1.29, 1.82) is 0 Å². The highest BCUT2D eigenvalue weighted by atomic mass is 79.9. The fraction of sp³-hybridized carbons (Fsp3) is 0.556. The van der Waals surface area contributed by atoms with Gasteiger partial charge in [-0.3, -0.25) is 0 Å². The lowest BCUT2D eigenvalue weighted by atomic mass is 10.1. The zero-order chi connectivity index (χ0) is 8.43. The summed E-state index contributed by atoms with van der Waals surface area (Å²) in [4.78, 5) is 3.48. The number of hydrogen-bond donors (Lipinski definition) is 0. The van der Waals surface area contributed by atoms with Gasteiger partial charge < -0.3 is 0 Å². The Morgan fingerprint density at radius 1 is 1.55 bits per heavy atom. The fourth-order valence-electron chi connectivity index (χ4n) is 1.19. The van der Waals surface area contributed by atoms with E-state index in [9.17, 15) is 0 Å². The van der Waals surface area contributed by atoms with Gasteiger partial charge in [0.25, 0.3) is 0 Å². The van der Waals surface area contributed by atoms with Crippen LogP contribution in [0.4, 0.5) is 0 Å². The minimum Gasteiger partial charge on any atom is -0.146 e. The Balaban J connectivity index is 2.77. The predicted octanol–water partition coefficient (Wildman–Crippen LogP) is 3.69. The lowest BCUT2D eigenvalue weighted by Gasteiger charge is -2.00. The molecule has 1 rings (SSSR count). The minimum atomic E-state index is 0.593. The average Bonchev–Trinajstić information content (AvgIpc) is 2.09. The summed E-state index contributed by atoms with van der Waals surface area (Å²) in [5.41, 5.74) is 1.50. The van der Waals surface area contributed by atoms with Gasteiger partial charge in [0.05, 0.1) is 0 Å². The second kappa shape index (κ2) is 3.72. The first-order chi connectivity index (χ1) is 5.09. The molecule has 0 bridgehead atoms. The molecule has 0 aliphatic heterocycles. The van der Waals surface area contributed by atoms with Crippen LogP contribution in [0.1, 0.15) is 22.2 Å². The van der Waals surface area contributed by atoms with Crippen molar-refractivity contribution in [2.24, 2.45) is 0 Å². The van der Waals surface area contributed by atoms with Crippen molar-refractivity contribution in [3.8, 4) is 0 Å². The second-order valence-electron chi connectivity index (χ2n) is 2.92. The predicted molar refractivity (Wildman–Crippen MR) is 55.9 cm³/mol. The molecule has 1 heterocycles. The summed E-state index contributed by atoms with van der Waals surface area (Å²) in [6.07, 6.45) is 1.15. The Hall–Kier alpha value is 0.180. The molecule has 0 amide bonds. The highest BCUT2D eigenvalue weighted by Crippen LogP contribution is 2.23. The van der Waals surface area contributed by atoms with Crippen molar-refractivity contribution in [2.45, 2.75) is 32.0 Å². The van der Waals surface area contributed by atoms with Crippen molar-refractivity contribution in [3.05, 3.63) is 21.4 Å². The van der Waals surface area contributed by atoms with Crippen LogP contribution >= 0.6 is 27.3 Å². The van der Waals surface area contributed by atoms with E-state index in [0.717, 1.165) is 6.42 Å². The SMILES string of the molecule is Cc1cc(CC(C)Br)c(C)s1. The molecule has 0 nitrogen and oxygen atoms in total. The highest BCUT2D eigenvalue weighted by Gasteiger charge is 2.04. The van der Waals surface area contributed by atoms with Gasteiger partial charge in [-0.25, -0.2) is 0 Å². The van der Waals surface area contributed by atoms with Crippen LogP contribution in [-0.4, -0.2) is 4.83 Å². The van der Waals surface area contributed by atoms with E-state index in [0.29, 0.717) is 4.83 Å². The van der Waals surface area contributed by atoms with Gasteiger partial charge in [0.1, 0.15) is 0 Å². The Labute approximate surface area is 80.8 Å². The third kappa shape index (κ3) is 2.60. The van der Waals surface area contributed by atoms with E-state index in [4.69, 9.17) is 0 Å². The van der Waals surface area contributed by atoms with E-state index in [1.165, 1.54) is 15.3 Å². The van der Waals surface area contributed by atoms with E-state index in [-0.39, 0.29) is 0 Å². The molecule has 1 aromatic rings. The van der Waals surface area contributed by atoms with Crippen LogP contribution < -0.4 is 0 Å².